The Labute approximate surface area is 231 Å². The van der Waals surface area contributed by atoms with Crippen LogP contribution in [-0.2, 0) is 15.4 Å². The van der Waals surface area contributed by atoms with Crippen LogP contribution in [-0.4, -0.2) is 53.8 Å². The number of hydrogen-bond acceptors (Lipinski definition) is 6. The van der Waals surface area contributed by atoms with E-state index in [-0.39, 0.29) is 34.5 Å². The number of amides is 1. The van der Waals surface area contributed by atoms with Crippen molar-refractivity contribution < 1.29 is 13.2 Å². The number of imidazole rings is 1. The predicted octanol–water partition coefficient (Wildman–Crippen LogP) is 5.41. The van der Waals surface area contributed by atoms with E-state index in [9.17, 15) is 13.2 Å². The van der Waals surface area contributed by atoms with Crippen LogP contribution in [0.1, 0.15) is 99.1 Å². The Hall–Kier alpha value is -2.96. The Morgan fingerprint density at radius 1 is 1.18 bits per heavy atom. The largest absolute Gasteiger partial charge is 0.339 e. The van der Waals surface area contributed by atoms with Crippen LogP contribution in [0.5, 0.6) is 0 Å². The Balaban J connectivity index is 1.52. The van der Waals surface area contributed by atoms with Crippen molar-refractivity contribution in [3.05, 3.63) is 53.1 Å². The highest BCUT2D eigenvalue weighted by molar-refractivity contribution is 7.91. The highest BCUT2D eigenvalue weighted by Crippen LogP contribution is 2.50. The van der Waals surface area contributed by atoms with Gasteiger partial charge >= 0.3 is 0 Å². The van der Waals surface area contributed by atoms with Gasteiger partial charge in [-0.1, -0.05) is 38.8 Å². The van der Waals surface area contributed by atoms with Crippen LogP contribution in [0.25, 0.3) is 5.57 Å². The molecule has 2 N–H and O–H groups in total. The third kappa shape index (κ3) is 5.42. The summed E-state index contributed by atoms with van der Waals surface area (Å²) in [7, 11) is -2.99. The summed E-state index contributed by atoms with van der Waals surface area (Å²) in [5.74, 6) is 0.107. The van der Waals surface area contributed by atoms with E-state index in [0.717, 1.165) is 48.9 Å². The second-order valence-electron chi connectivity index (χ2n) is 11.5. The Bertz CT molecular complexity index is 1390. The summed E-state index contributed by atoms with van der Waals surface area (Å²) < 4.78 is 24.4. The first-order valence-corrected chi connectivity index (χ1v) is 16.1. The van der Waals surface area contributed by atoms with Gasteiger partial charge in [-0.25, -0.2) is 13.4 Å². The fourth-order valence-corrected chi connectivity index (χ4v) is 8.28. The number of rotatable bonds is 7. The second kappa shape index (κ2) is 10.9. The average molecular weight is 550 g/mol. The molecule has 2 aromatic rings. The number of sulfone groups is 1. The number of nitrogens with zero attached hydrogens (tertiary/aromatic N) is 3. The van der Waals surface area contributed by atoms with Crippen molar-refractivity contribution in [3.8, 4) is 6.07 Å². The number of aromatic nitrogens is 2. The maximum atomic E-state index is 13.1. The van der Waals surface area contributed by atoms with Crippen molar-refractivity contribution in [1.82, 2.24) is 14.9 Å². The third-order valence-electron chi connectivity index (χ3n) is 9.55. The fourth-order valence-electron chi connectivity index (χ4n) is 7.08. The smallest absolute Gasteiger partial charge is 0.291 e. The quantitative estimate of drug-likeness (QED) is 0.477. The van der Waals surface area contributed by atoms with Crippen molar-refractivity contribution in [2.75, 3.05) is 29.9 Å². The van der Waals surface area contributed by atoms with Gasteiger partial charge < -0.3 is 10.3 Å². The summed E-state index contributed by atoms with van der Waals surface area (Å²) in [6, 6.07) is 8.25. The monoisotopic (exact) mass is 549 g/mol. The number of H-pyrrole nitrogens is 1. The molecule has 1 saturated carbocycles. The van der Waals surface area contributed by atoms with E-state index in [4.69, 9.17) is 5.26 Å². The first-order chi connectivity index (χ1) is 18.7. The lowest BCUT2D eigenvalue weighted by atomic mass is 9.72. The highest BCUT2D eigenvalue weighted by Gasteiger charge is 2.40. The minimum Gasteiger partial charge on any atom is -0.339 e. The van der Waals surface area contributed by atoms with E-state index in [1.54, 1.807) is 0 Å². The van der Waals surface area contributed by atoms with Gasteiger partial charge in [-0.05, 0) is 73.6 Å². The maximum absolute atomic E-state index is 13.1. The molecule has 0 bridgehead atoms. The van der Waals surface area contributed by atoms with Gasteiger partial charge in [0.15, 0.2) is 21.4 Å². The van der Waals surface area contributed by atoms with Gasteiger partial charge in [0.25, 0.3) is 5.91 Å². The minimum atomic E-state index is -2.99. The molecular formula is C30H39N5O3S. The Morgan fingerprint density at radius 3 is 2.49 bits per heavy atom. The van der Waals surface area contributed by atoms with E-state index in [1.807, 2.05) is 12.1 Å². The number of benzene rings is 1. The molecule has 2 aliphatic carbocycles. The standard InChI is InChI=1S/C30H39N5O3S/c1-3-30(4-2,35-15-17-39(37,38)18-16-35)23-7-8-26(34-28(36)27-32-21-24(20-31)33-27)25(19-23)22-9-13-29(14-10-22)11-5-6-12-29/h7-9,19,21H,3-6,10-18H2,1-2H3,(H,32,33)(H,34,36). The third-order valence-corrected chi connectivity index (χ3v) is 11.2. The summed E-state index contributed by atoms with van der Waals surface area (Å²) in [4.78, 5) is 22.3. The van der Waals surface area contributed by atoms with Crippen molar-refractivity contribution in [1.29, 1.82) is 5.26 Å². The van der Waals surface area contributed by atoms with E-state index in [2.05, 4.69) is 52.2 Å². The zero-order valence-electron chi connectivity index (χ0n) is 23.1. The van der Waals surface area contributed by atoms with Gasteiger partial charge in [-0.3, -0.25) is 9.69 Å². The lowest BCUT2D eigenvalue weighted by molar-refractivity contribution is 0.0852. The van der Waals surface area contributed by atoms with Gasteiger partial charge in [0.1, 0.15) is 6.07 Å². The van der Waals surface area contributed by atoms with Gasteiger partial charge in [0.05, 0.1) is 11.5 Å². The number of nitriles is 1. The van der Waals surface area contributed by atoms with Gasteiger partial charge in [0.2, 0.25) is 0 Å². The van der Waals surface area contributed by atoms with Crippen molar-refractivity contribution in [2.24, 2.45) is 5.41 Å². The molecular weight excluding hydrogens is 510 g/mol. The minimum absolute atomic E-state index is 0.107. The molecule has 0 unspecified atom stereocenters. The first-order valence-electron chi connectivity index (χ1n) is 14.3. The second-order valence-corrected chi connectivity index (χ2v) is 13.8. The van der Waals surface area contributed by atoms with Crippen LogP contribution < -0.4 is 5.32 Å². The molecule has 8 nitrogen and oxygen atoms in total. The maximum Gasteiger partial charge on any atom is 0.291 e. The average Bonchev–Trinajstić information content (AvgIpc) is 3.62. The molecule has 208 valence electrons. The number of anilines is 1. The van der Waals surface area contributed by atoms with Gasteiger partial charge in [-0.2, -0.15) is 5.26 Å². The van der Waals surface area contributed by atoms with Crippen molar-refractivity contribution in [3.63, 3.8) is 0 Å². The van der Waals surface area contributed by atoms with Crippen LogP contribution in [0, 0.1) is 16.7 Å². The molecule has 1 aliphatic heterocycles. The van der Waals surface area contributed by atoms with E-state index >= 15 is 0 Å². The van der Waals surface area contributed by atoms with Crippen LogP contribution in [0.4, 0.5) is 5.69 Å². The molecule has 1 saturated heterocycles. The highest BCUT2D eigenvalue weighted by atomic mass is 32.2. The Morgan fingerprint density at radius 2 is 1.90 bits per heavy atom. The molecule has 3 aliphatic rings. The van der Waals surface area contributed by atoms with E-state index in [0.29, 0.717) is 18.5 Å². The lowest BCUT2D eigenvalue weighted by Gasteiger charge is -2.46. The number of allylic oxidation sites excluding steroid dienone is 2. The topological polar surface area (TPSA) is 119 Å². The first kappa shape index (κ1) is 27.6. The van der Waals surface area contributed by atoms with Crippen LogP contribution >= 0.6 is 0 Å². The summed E-state index contributed by atoms with van der Waals surface area (Å²) >= 11 is 0. The van der Waals surface area contributed by atoms with Gasteiger partial charge in [0, 0.05) is 36.1 Å². The molecule has 0 radical (unpaired) electrons. The molecule has 0 atom stereocenters. The van der Waals surface area contributed by atoms with Crippen LogP contribution in [0.3, 0.4) is 0 Å². The number of hydrogen-bond donors (Lipinski definition) is 2. The fraction of sp³-hybridized carbons (Fsp3) is 0.567. The SMILES string of the molecule is CCC(CC)(c1ccc(NC(=O)c2nc(C#N)c[nH]2)c(C2=CCC3(CCCC3)CC2)c1)N1CCS(=O)(=O)CC1. The lowest BCUT2D eigenvalue weighted by Crippen LogP contribution is -2.52. The molecule has 2 fully saturated rings. The van der Waals surface area contributed by atoms with Crippen molar-refractivity contribution >= 4 is 27.0 Å². The molecule has 2 heterocycles. The van der Waals surface area contributed by atoms with Crippen LogP contribution in [0.15, 0.2) is 30.5 Å². The van der Waals surface area contributed by atoms with E-state index < -0.39 is 9.84 Å². The zero-order chi connectivity index (χ0) is 27.7. The van der Waals surface area contributed by atoms with E-state index in [1.165, 1.54) is 37.5 Å². The molecule has 1 amide bonds. The summed E-state index contributed by atoms with van der Waals surface area (Å²) in [6.07, 6.45) is 14.0. The molecule has 9 heteroatoms. The van der Waals surface area contributed by atoms with Crippen molar-refractivity contribution in [2.45, 2.75) is 77.2 Å². The summed E-state index contributed by atoms with van der Waals surface area (Å²) in [5, 5.41) is 12.2. The molecule has 39 heavy (non-hydrogen) atoms. The molecule has 1 spiro atoms. The zero-order valence-corrected chi connectivity index (χ0v) is 23.9. The predicted molar refractivity (Wildman–Crippen MR) is 153 cm³/mol. The number of carbonyl (C=O) groups is 1. The van der Waals surface area contributed by atoms with Gasteiger partial charge in [-0.15, -0.1) is 0 Å². The summed E-state index contributed by atoms with van der Waals surface area (Å²) in [6.45, 7) is 5.41. The number of nitrogens with one attached hydrogen (secondary N) is 2. The molecule has 1 aromatic heterocycles. The number of carbonyl (C=O) groups excluding carboxylic acids is 1. The van der Waals surface area contributed by atoms with Crippen LogP contribution in [0.2, 0.25) is 0 Å². The molecule has 1 aromatic carbocycles. The normalized spacial score (nSPS) is 20.9. The number of aromatic amines is 1. The summed E-state index contributed by atoms with van der Waals surface area (Å²) in [5.41, 5.74) is 4.49. The Kier molecular flexibility index (Phi) is 7.71. The molecule has 5 rings (SSSR count).